The predicted molar refractivity (Wildman–Crippen MR) is 160 cm³/mol. The highest BCUT2D eigenvalue weighted by molar-refractivity contribution is 7.64. The van der Waals surface area contributed by atoms with Crippen LogP contribution in [0.1, 0.15) is 144 Å². The molecule has 0 aromatic rings. The Hall–Kier alpha value is -0.870. The van der Waals surface area contributed by atoms with Crippen molar-refractivity contribution < 1.29 is 23.6 Å². The first kappa shape index (κ1) is 35.2. The number of unbranched alkanes of at least 4 members (excludes halogenated alkanes) is 10. The van der Waals surface area contributed by atoms with E-state index in [-0.39, 0.29) is 41.5 Å². The highest BCUT2D eigenvalue weighted by Gasteiger charge is 2.45. The first-order valence-electron chi connectivity index (χ1n) is 15.6. The molecule has 0 amide bonds. The molecule has 1 heterocycles. The Kier molecular flexibility index (Phi) is 17.1. The lowest BCUT2D eigenvalue weighted by Crippen LogP contribution is -2.59. The fourth-order valence-electron chi connectivity index (χ4n) is 5.92. The van der Waals surface area contributed by atoms with Crippen LogP contribution in [0.2, 0.25) is 0 Å². The number of rotatable bonds is 21. The molecule has 0 bridgehead atoms. The van der Waals surface area contributed by atoms with Gasteiger partial charge in [0.15, 0.2) is 0 Å². The molecule has 1 saturated heterocycles. The molecule has 0 saturated carbocycles. The normalized spacial score (nSPS) is 17.3. The number of hydrogen-bond donors (Lipinski definition) is 1. The van der Waals surface area contributed by atoms with Gasteiger partial charge in [0.05, 0.1) is 33.2 Å². The summed E-state index contributed by atoms with van der Waals surface area (Å²) in [6.45, 7) is 13.9. The van der Waals surface area contributed by atoms with Crippen LogP contribution in [-0.4, -0.2) is 54.2 Å². The second-order valence-corrected chi connectivity index (χ2v) is 16.4. The molecule has 0 unspecified atom stereocenters. The van der Waals surface area contributed by atoms with Crippen molar-refractivity contribution in [2.24, 2.45) is 0 Å². The molecular formula is C31H60NO5P. The van der Waals surface area contributed by atoms with Gasteiger partial charge in [-0.2, -0.15) is 0 Å². The van der Waals surface area contributed by atoms with Crippen LogP contribution in [0.4, 0.5) is 0 Å². The Morgan fingerprint density at radius 3 is 1.45 bits per heavy atom. The van der Waals surface area contributed by atoms with E-state index < -0.39 is 7.14 Å². The van der Waals surface area contributed by atoms with E-state index >= 15 is 0 Å². The fraction of sp³-hybridized carbons (Fsp3) is 0.935. The predicted octanol–water partition coefficient (Wildman–Crippen LogP) is 8.25. The Bertz CT molecular complexity index is 667. The van der Waals surface area contributed by atoms with Crippen molar-refractivity contribution in [3.05, 3.63) is 0 Å². The largest absolute Gasteiger partial charge is 0.466 e. The smallest absolute Gasteiger partial charge is 0.306 e. The van der Waals surface area contributed by atoms with Crippen LogP contribution >= 0.6 is 7.14 Å². The van der Waals surface area contributed by atoms with E-state index in [1.165, 1.54) is 51.4 Å². The minimum absolute atomic E-state index is 0.0218. The summed E-state index contributed by atoms with van der Waals surface area (Å²) in [6, 6.07) is 0. The van der Waals surface area contributed by atoms with E-state index in [0.29, 0.717) is 25.5 Å². The second-order valence-electron chi connectivity index (χ2n) is 12.8. The van der Waals surface area contributed by atoms with Crippen LogP contribution in [-0.2, 0) is 23.6 Å². The number of piperidine rings is 1. The summed E-state index contributed by atoms with van der Waals surface area (Å²) in [7, 11) is -2.82. The lowest BCUT2D eigenvalue weighted by molar-refractivity contribution is -0.144. The maximum Gasteiger partial charge on any atom is 0.306 e. The number of hydrogen-bond acceptors (Lipinski definition) is 6. The monoisotopic (exact) mass is 557 g/mol. The van der Waals surface area contributed by atoms with Crippen LogP contribution < -0.4 is 5.32 Å². The molecule has 6 nitrogen and oxygen atoms in total. The summed E-state index contributed by atoms with van der Waals surface area (Å²) in [4.78, 5) is 25.0. The van der Waals surface area contributed by atoms with E-state index in [1.807, 2.05) is 0 Å². The zero-order valence-electron chi connectivity index (χ0n) is 25.7. The third kappa shape index (κ3) is 15.7. The van der Waals surface area contributed by atoms with Crippen LogP contribution in [0.5, 0.6) is 0 Å². The number of nitrogens with one attached hydrogen (secondary N) is 1. The molecule has 0 aliphatic carbocycles. The van der Waals surface area contributed by atoms with Crippen molar-refractivity contribution in [3.63, 3.8) is 0 Å². The van der Waals surface area contributed by atoms with E-state index in [1.54, 1.807) is 0 Å². The number of carbonyl (C=O) groups excluding carboxylic acids is 2. The van der Waals surface area contributed by atoms with Gasteiger partial charge < -0.3 is 19.4 Å². The molecule has 0 aromatic carbocycles. The second kappa shape index (κ2) is 18.5. The van der Waals surface area contributed by atoms with E-state index in [2.05, 4.69) is 46.9 Å². The zero-order valence-corrected chi connectivity index (χ0v) is 26.6. The van der Waals surface area contributed by atoms with Gasteiger partial charge in [0.2, 0.25) is 0 Å². The average molecular weight is 558 g/mol. The number of esters is 2. The molecular weight excluding hydrogens is 497 g/mol. The first-order valence-corrected chi connectivity index (χ1v) is 17.8. The van der Waals surface area contributed by atoms with Gasteiger partial charge in [-0.05, 0) is 53.4 Å². The van der Waals surface area contributed by atoms with E-state index in [4.69, 9.17) is 9.47 Å². The summed E-state index contributed by atoms with van der Waals surface area (Å²) in [6.07, 6.45) is 16.2. The highest BCUT2D eigenvalue weighted by atomic mass is 31.2. The van der Waals surface area contributed by atoms with Crippen LogP contribution in [0.25, 0.3) is 0 Å². The Balaban J connectivity index is 2.62. The summed E-state index contributed by atoms with van der Waals surface area (Å²) in [5, 5.41) is 3.66. The summed E-state index contributed by atoms with van der Waals surface area (Å²) in [5.41, 5.74) is -0.330. The standard InChI is InChI=1S/C31H60NO5P/c1-7-9-11-13-15-17-21-36-28(33)19-23-38(35,27-25-30(3,4)32-31(5,6)26-27)24-20-29(34)37-22-18-16-14-12-10-8-2/h27,32H,7-26H2,1-6H3. The average Bonchev–Trinajstić information content (AvgIpc) is 2.83. The summed E-state index contributed by atoms with van der Waals surface area (Å²) < 4.78 is 25.4. The van der Waals surface area contributed by atoms with Crippen molar-refractivity contribution in [2.75, 3.05) is 25.5 Å². The van der Waals surface area contributed by atoms with Crippen molar-refractivity contribution in [1.82, 2.24) is 5.32 Å². The summed E-state index contributed by atoms with van der Waals surface area (Å²) >= 11 is 0. The maximum absolute atomic E-state index is 14.5. The Labute approximate surface area is 234 Å². The topological polar surface area (TPSA) is 81.7 Å². The number of carbonyl (C=O) groups is 2. The Morgan fingerprint density at radius 2 is 1.05 bits per heavy atom. The highest BCUT2D eigenvalue weighted by Crippen LogP contribution is 2.58. The van der Waals surface area contributed by atoms with Gasteiger partial charge in [-0.1, -0.05) is 78.1 Å². The molecule has 1 aliphatic heterocycles. The molecule has 0 radical (unpaired) electrons. The summed E-state index contributed by atoms with van der Waals surface area (Å²) in [5.74, 6) is -0.534. The van der Waals surface area contributed by atoms with Crippen LogP contribution in [0, 0.1) is 0 Å². The molecule has 1 rings (SSSR count). The van der Waals surface area contributed by atoms with Crippen LogP contribution in [0.15, 0.2) is 0 Å². The van der Waals surface area contributed by atoms with Crippen molar-refractivity contribution in [1.29, 1.82) is 0 Å². The van der Waals surface area contributed by atoms with E-state index in [9.17, 15) is 14.2 Å². The molecule has 224 valence electrons. The molecule has 1 N–H and O–H groups in total. The third-order valence-corrected chi connectivity index (χ3v) is 11.4. The minimum Gasteiger partial charge on any atom is -0.466 e. The van der Waals surface area contributed by atoms with Crippen molar-refractivity contribution >= 4 is 19.1 Å². The van der Waals surface area contributed by atoms with Crippen molar-refractivity contribution in [2.45, 2.75) is 161 Å². The molecule has 0 aromatic heterocycles. The van der Waals surface area contributed by atoms with Gasteiger partial charge in [-0.25, -0.2) is 0 Å². The van der Waals surface area contributed by atoms with Gasteiger partial charge in [-0.15, -0.1) is 0 Å². The first-order chi connectivity index (χ1) is 17.9. The Morgan fingerprint density at radius 1 is 0.684 bits per heavy atom. The fourth-order valence-corrected chi connectivity index (χ4v) is 9.57. The van der Waals surface area contributed by atoms with Gasteiger partial charge in [0.1, 0.15) is 0 Å². The molecule has 7 heteroatoms. The van der Waals surface area contributed by atoms with E-state index in [0.717, 1.165) is 38.5 Å². The molecule has 1 fully saturated rings. The van der Waals surface area contributed by atoms with Crippen LogP contribution in [0.3, 0.4) is 0 Å². The van der Waals surface area contributed by atoms with Gasteiger partial charge in [0.25, 0.3) is 0 Å². The third-order valence-electron chi connectivity index (χ3n) is 7.74. The molecule has 1 aliphatic rings. The SMILES string of the molecule is CCCCCCCCOC(=O)CCP(=O)(CCC(=O)OCCCCCCCC)C1CC(C)(C)NC(C)(C)C1. The van der Waals surface area contributed by atoms with Gasteiger partial charge in [0, 0.05) is 29.1 Å². The maximum atomic E-state index is 14.5. The lowest BCUT2D eigenvalue weighted by atomic mass is 9.82. The zero-order chi connectivity index (χ0) is 28.5. The quantitative estimate of drug-likeness (QED) is 0.0869. The van der Waals surface area contributed by atoms with Gasteiger partial charge >= 0.3 is 11.9 Å². The molecule has 0 atom stereocenters. The van der Waals surface area contributed by atoms with Gasteiger partial charge in [-0.3, -0.25) is 9.59 Å². The molecule has 0 spiro atoms. The molecule has 38 heavy (non-hydrogen) atoms. The van der Waals surface area contributed by atoms with Crippen molar-refractivity contribution in [3.8, 4) is 0 Å². The lowest BCUT2D eigenvalue weighted by Gasteiger charge is -2.48. The number of ether oxygens (including phenoxy) is 2. The minimum atomic E-state index is -2.82.